The number of nitrogens with one attached hydrogen (secondary N) is 1. The fourth-order valence-electron chi connectivity index (χ4n) is 4.34. The quantitative estimate of drug-likeness (QED) is 0.281. The summed E-state index contributed by atoms with van der Waals surface area (Å²) in [6.07, 6.45) is -4.88. The number of anilines is 2. The molecule has 0 amide bonds. The first kappa shape index (κ1) is 27.6. The first-order chi connectivity index (χ1) is 18.0. The number of ether oxygens (including phenoxy) is 3. The van der Waals surface area contributed by atoms with E-state index in [0.717, 1.165) is 19.8 Å². The van der Waals surface area contributed by atoms with Crippen molar-refractivity contribution in [2.45, 2.75) is 26.1 Å². The molecule has 206 valence electrons. The summed E-state index contributed by atoms with van der Waals surface area (Å²) in [6.45, 7) is 6.74. The van der Waals surface area contributed by atoms with Gasteiger partial charge in [0.25, 0.3) is 0 Å². The van der Waals surface area contributed by atoms with Gasteiger partial charge < -0.3 is 30.2 Å². The van der Waals surface area contributed by atoms with E-state index >= 15 is 0 Å². The van der Waals surface area contributed by atoms with Crippen molar-refractivity contribution in [3.05, 3.63) is 47.0 Å². The van der Waals surface area contributed by atoms with Gasteiger partial charge in [-0.1, -0.05) is 0 Å². The first-order valence-electron chi connectivity index (χ1n) is 12.1. The summed E-state index contributed by atoms with van der Waals surface area (Å²) in [5.74, 6) is 0.797. The number of nitrogen functional groups attached to an aromatic ring is 1. The largest absolute Gasteiger partial charge is 0.493 e. The molecule has 8 nitrogen and oxygen atoms in total. The highest BCUT2D eigenvalue weighted by Crippen LogP contribution is 2.38. The van der Waals surface area contributed by atoms with E-state index in [4.69, 9.17) is 19.9 Å². The van der Waals surface area contributed by atoms with Crippen LogP contribution in [-0.4, -0.2) is 61.9 Å². The lowest BCUT2D eigenvalue weighted by atomic mass is 10.0. The van der Waals surface area contributed by atoms with Crippen LogP contribution in [0.2, 0.25) is 0 Å². The van der Waals surface area contributed by atoms with Crippen LogP contribution in [0.3, 0.4) is 0 Å². The van der Waals surface area contributed by atoms with Gasteiger partial charge in [0.15, 0.2) is 11.5 Å². The van der Waals surface area contributed by atoms with Crippen molar-refractivity contribution in [2.24, 2.45) is 5.92 Å². The molecule has 0 aliphatic carbocycles. The molecule has 2 heterocycles. The molecule has 1 fully saturated rings. The zero-order chi connectivity index (χ0) is 27.6. The molecule has 3 N–H and O–H groups in total. The molecule has 0 radical (unpaired) electrons. The van der Waals surface area contributed by atoms with Crippen LogP contribution in [0, 0.1) is 18.7 Å². The van der Waals surface area contributed by atoms with Crippen molar-refractivity contribution in [1.82, 2.24) is 14.9 Å². The Morgan fingerprint density at radius 3 is 2.55 bits per heavy atom. The Morgan fingerprint density at radius 2 is 1.92 bits per heavy atom. The minimum atomic E-state index is -4.88. The third kappa shape index (κ3) is 6.18. The van der Waals surface area contributed by atoms with Crippen LogP contribution < -0.4 is 20.5 Å². The van der Waals surface area contributed by atoms with Gasteiger partial charge in [0.2, 0.25) is 0 Å². The molecular weight excluding hydrogens is 506 g/mol. The van der Waals surface area contributed by atoms with E-state index < -0.39 is 23.6 Å². The number of hydrogen-bond acceptors (Lipinski definition) is 8. The summed E-state index contributed by atoms with van der Waals surface area (Å²) in [5.41, 5.74) is 4.36. The summed E-state index contributed by atoms with van der Waals surface area (Å²) >= 11 is 0. The minimum absolute atomic E-state index is 0.193. The van der Waals surface area contributed by atoms with Crippen molar-refractivity contribution in [3.63, 3.8) is 0 Å². The Morgan fingerprint density at radius 1 is 1.18 bits per heavy atom. The van der Waals surface area contributed by atoms with Crippen molar-refractivity contribution >= 4 is 22.4 Å². The van der Waals surface area contributed by atoms with Crippen LogP contribution in [0.1, 0.15) is 29.9 Å². The summed E-state index contributed by atoms with van der Waals surface area (Å²) < 4.78 is 71.6. The van der Waals surface area contributed by atoms with E-state index in [9.17, 15) is 17.6 Å². The predicted octanol–water partition coefficient (Wildman–Crippen LogP) is 4.82. The number of benzene rings is 2. The molecule has 0 saturated carbocycles. The fraction of sp³-hybridized carbons (Fsp3) is 0.462. The monoisotopic (exact) mass is 537 g/mol. The molecule has 1 aliphatic heterocycles. The average Bonchev–Trinajstić information content (AvgIpc) is 2.81. The van der Waals surface area contributed by atoms with Crippen LogP contribution >= 0.6 is 0 Å². The SMILES string of the molecule is COc1cc2nc(C)nc(N[C@H](C)c3cc(N)cc(C(F)(F)F)c3F)c2cc1OCCN(C)CC1COC1. The lowest BCUT2D eigenvalue weighted by molar-refractivity contribution is -0.140. The number of aromatic nitrogens is 2. The van der Waals surface area contributed by atoms with Crippen molar-refractivity contribution in [2.75, 3.05) is 58.1 Å². The number of hydrogen-bond donors (Lipinski definition) is 2. The number of fused-ring (bicyclic) bond motifs is 1. The van der Waals surface area contributed by atoms with Gasteiger partial charge in [-0.05, 0) is 39.1 Å². The molecule has 0 unspecified atom stereocenters. The molecule has 0 bridgehead atoms. The van der Waals surface area contributed by atoms with Gasteiger partial charge in [0.1, 0.15) is 24.1 Å². The second-order valence-electron chi connectivity index (χ2n) is 9.49. The third-order valence-electron chi connectivity index (χ3n) is 6.35. The fourth-order valence-corrected chi connectivity index (χ4v) is 4.34. The van der Waals surface area contributed by atoms with Gasteiger partial charge in [-0.25, -0.2) is 14.4 Å². The van der Waals surface area contributed by atoms with Gasteiger partial charge in [-0.3, -0.25) is 0 Å². The average molecular weight is 538 g/mol. The predicted molar refractivity (Wildman–Crippen MR) is 136 cm³/mol. The van der Waals surface area contributed by atoms with Gasteiger partial charge in [0, 0.05) is 41.7 Å². The Hall–Kier alpha value is -3.38. The smallest absolute Gasteiger partial charge is 0.419 e. The maximum Gasteiger partial charge on any atom is 0.419 e. The van der Waals surface area contributed by atoms with Gasteiger partial charge in [-0.2, -0.15) is 13.2 Å². The second-order valence-corrected chi connectivity index (χ2v) is 9.49. The van der Waals surface area contributed by atoms with E-state index in [1.807, 2.05) is 7.05 Å². The number of nitrogens with zero attached hydrogens (tertiary/aromatic N) is 3. The minimum Gasteiger partial charge on any atom is -0.493 e. The highest BCUT2D eigenvalue weighted by atomic mass is 19.4. The molecule has 0 spiro atoms. The van der Waals surface area contributed by atoms with E-state index in [2.05, 4.69) is 20.2 Å². The first-order valence-corrected chi connectivity index (χ1v) is 12.1. The molecule has 4 rings (SSSR count). The molecular formula is C26H31F4N5O3. The maximum atomic E-state index is 14.9. The molecule has 12 heteroatoms. The molecule has 1 aromatic heterocycles. The van der Waals surface area contributed by atoms with Crippen LogP contribution in [0.5, 0.6) is 11.5 Å². The number of rotatable bonds is 10. The number of likely N-dealkylation sites (N-methyl/N-ethyl adjacent to an activating group) is 1. The molecule has 1 saturated heterocycles. The molecule has 3 aromatic rings. The van der Waals surface area contributed by atoms with Crippen LogP contribution in [0.25, 0.3) is 10.9 Å². The number of aryl methyl sites for hydroxylation is 1. The summed E-state index contributed by atoms with van der Waals surface area (Å²) in [7, 11) is 3.53. The summed E-state index contributed by atoms with van der Waals surface area (Å²) in [6, 6.07) is 4.28. The van der Waals surface area contributed by atoms with Crippen molar-refractivity contribution < 1.29 is 31.8 Å². The van der Waals surface area contributed by atoms with Gasteiger partial charge >= 0.3 is 6.18 Å². The highest BCUT2D eigenvalue weighted by molar-refractivity contribution is 5.92. The molecule has 1 aliphatic rings. The summed E-state index contributed by atoms with van der Waals surface area (Å²) in [4.78, 5) is 11.0. The Labute approximate surface area is 218 Å². The molecule has 2 aromatic carbocycles. The number of methoxy groups -OCH3 is 1. The van der Waals surface area contributed by atoms with Gasteiger partial charge in [-0.15, -0.1) is 0 Å². The highest BCUT2D eigenvalue weighted by Gasteiger charge is 2.36. The van der Waals surface area contributed by atoms with Crippen molar-refractivity contribution in [1.29, 1.82) is 0 Å². The number of nitrogens with two attached hydrogens (primary N) is 1. The van der Waals surface area contributed by atoms with Crippen LogP contribution in [0.4, 0.5) is 29.1 Å². The Kier molecular flexibility index (Phi) is 8.12. The van der Waals surface area contributed by atoms with Gasteiger partial charge in [0.05, 0.1) is 37.4 Å². The Bertz CT molecular complexity index is 1300. The van der Waals surface area contributed by atoms with Crippen LogP contribution in [-0.2, 0) is 10.9 Å². The van der Waals surface area contributed by atoms with E-state index in [1.165, 1.54) is 20.1 Å². The summed E-state index contributed by atoms with van der Waals surface area (Å²) in [5, 5.41) is 3.57. The Balaban J connectivity index is 1.60. The standard InChI is InChI=1S/C26H31F4N5O3/c1-14(18-7-17(31)8-20(24(18)27)26(28,29)30)32-25-19-9-23(22(36-4)10-21(19)33-15(2)34-25)38-6-5-35(3)11-16-12-37-13-16/h7-10,14,16H,5-6,11-13,31H2,1-4H3,(H,32,33,34)/t14-/m1/s1. The molecule has 1 atom stereocenters. The normalized spacial score (nSPS) is 15.0. The lowest BCUT2D eigenvalue weighted by Gasteiger charge is -2.30. The maximum absolute atomic E-state index is 14.9. The zero-order valence-corrected chi connectivity index (χ0v) is 21.7. The molecule has 38 heavy (non-hydrogen) atoms. The van der Waals surface area contributed by atoms with Crippen LogP contribution in [0.15, 0.2) is 24.3 Å². The zero-order valence-electron chi connectivity index (χ0n) is 21.7. The second kappa shape index (κ2) is 11.2. The number of halogens is 4. The van der Waals surface area contributed by atoms with E-state index in [0.29, 0.717) is 59.2 Å². The lowest BCUT2D eigenvalue weighted by Crippen LogP contribution is -2.39. The van der Waals surface area contributed by atoms with E-state index in [1.54, 1.807) is 19.1 Å². The third-order valence-corrected chi connectivity index (χ3v) is 6.35. The van der Waals surface area contributed by atoms with Crippen molar-refractivity contribution in [3.8, 4) is 11.5 Å². The van der Waals surface area contributed by atoms with E-state index in [-0.39, 0.29) is 11.3 Å². The number of alkyl halides is 3. The topological polar surface area (TPSA) is 94.8 Å².